The highest BCUT2D eigenvalue weighted by molar-refractivity contribution is 6.27. The summed E-state index contributed by atoms with van der Waals surface area (Å²) < 4.78 is 22.1. The standard InChI is InChI=1S/C27H38N2O5.C2H2O4/c1-27(2,3)28-26(30)11-13-29-12-10-19-16-24(33-6)25(34-7)17-20(19)21(29)14-18-8-9-22(31-4)23(15-18)32-5;3-1(4)2(5)6/h8-9,15-17,21H,10-14H2,1-7H3,(H,28,30);(H,3,4)(H,5,6)/p+1/t21-;/m1./s1. The molecule has 3 rings (SSSR count). The van der Waals surface area contributed by atoms with E-state index in [0.29, 0.717) is 12.2 Å². The van der Waals surface area contributed by atoms with E-state index in [1.807, 2.05) is 32.9 Å². The topological polar surface area (TPSA) is 145 Å². The number of quaternary nitrogens is 1. The molecule has 11 heteroatoms. The Kier molecular flexibility index (Phi) is 11.6. The predicted molar refractivity (Wildman–Crippen MR) is 148 cm³/mol. The number of carbonyl (C=O) groups is 3. The second kappa shape index (κ2) is 14.4. The van der Waals surface area contributed by atoms with Gasteiger partial charge in [-0.1, -0.05) is 6.07 Å². The Hall–Kier alpha value is -3.99. The van der Waals surface area contributed by atoms with Gasteiger partial charge >= 0.3 is 11.9 Å². The number of rotatable bonds is 9. The molecule has 11 nitrogen and oxygen atoms in total. The number of ether oxygens (including phenoxy) is 4. The van der Waals surface area contributed by atoms with E-state index in [1.54, 1.807) is 28.4 Å². The molecule has 0 saturated carbocycles. The number of carbonyl (C=O) groups excluding carboxylic acids is 1. The fraction of sp³-hybridized carbons (Fsp3) is 0.483. The Morgan fingerprint density at radius 1 is 0.875 bits per heavy atom. The molecule has 0 fully saturated rings. The van der Waals surface area contributed by atoms with Crippen LogP contribution in [0.2, 0.25) is 0 Å². The van der Waals surface area contributed by atoms with Gasteiger partial charge in [-0.2, -0.15) is 0 Å². The first-order chi connectivity index (χ1) is 18.8. The lowest BCUT2D eigenvalue weighted by molar-refractivity contribution is -0.933. The third-order valence-electron chi connectivity index (χ3n) is 6.49. The first kappa shape index (κ1) is 32.2. The minimum atomic E-state index is -1.82. The quantitative estimate of drug-likeness (QED) is 0.337. The summed E-state index contributed by atoms with van der Waals surface area (Å²) in [5.41, 5.74) is 3.43. The first-order valence-corrected chi connectivity index (χ1v) is 12.9. The monoisotopic (exact) mass is 561 g/mol. The zero-order valence-corrected chi connectivity index (χ0v) is 24.3. The molecule has 1 amide bonds. The van der Waals surface area contributed by atoms with Gasteiger partial charge in [0.25, 0.3) is 0 Å². The van der Waals surface area contributed by atoms with Crippen molar-refractivity contribution >= 4 is 17.8 Å². The van der Waals surface area contributed by atoms with Crippen LogP contribution >= 0.6 is 0 Å². The van der Waals surface area contributed by atoms with Crippen LogP contribution in [0.3, 0.4) is 0 Å². The van der Waals surface area contributed by atoms with Crippen molar-refractivity contribution in [2.24, 2.45) is 0 Å². The third kappa shape index (κ3) is 9.04. The van der Waals surface area contributed by atoms with Crippen molar-refractivity contribution in [2.75, 3.05) is 41.5 Å². The lowest BCUT2D eigenvalue weighted by atomic mass is 9.88. The molecule has 2 aromatic rings. The molecule has 2 aromatic carbocycles. The number of carboxylic acid groups (broad SMARTS) is 2. The molecular weight excluding hydrogens is 520 g/mol. The van der Waals surface area contributed by atoms with Gasteiger partial charge in [-0.3, -0.25) is 4.79 Å². The molecule has 220 valence electrons. The Labute approximate surface area is 235 Å². The van der Waals surface area contributed by atoms with Crippen LogP contribution in [-0.2, 0) is 27.2 Å². The average Bonchev–Trinajstić information content (AvgIpc) is 2.90. The van der Waals surface area contributed by atoms with E-state index in [2.05, 4.69) is 23.5 Å². The fourth-order valence-corrected chi connectivity index (χ4v) is 4.72. The van der Waals surface area contributed by atoms with Gasteiger partial charge in [0.15, 0.2) is 23.0 Å². The van der Waals surface area contributed by atoms with Crippen LogP contribution in [0.15, 0.2) is 30.3 Å². The molecule has 0 bridgehead atoms. The van der Waals surface area contributed by atoms with Crippen molar-refractivity contribution in [3.63, 3.8) is 0 Å². The Balaban J connectivity index is 0.000000840. The molecule has 1 aliphatic heterocycles. The van der Waals surface area contributed by atoms with Gasteiger partial charge in [0.05, 0.1) is 47.9 Å². The predicted octanol–water partition coefficient (Wildman–Crippen LogP) is 1.91. The maximum absolute atomic E-state index is 12.6. The second-order valence-electron chi connectivity index (χ2n) is 10.4. The molecule has 0 aliphatic carbocycles. The molecule has 1 heterocycles. The number of hydrogen-bond donors (Lipinski definition) is 4. The largest absolute Gasteiger partial charge is 0.493 e. The van der Waals surface area contributed by atoms with E-state index in [-0.39, 0.29) is 17.5 Å². The van der Waals surface area contributed by atoms with Crippen LogP contribution in [0.5, 0.6) is 23.0 Å². The smallest absolute Gasteiger partial charge is 0.414 e. The summed E-state index contributed by atoms with van der Waals surface area (Å²) in [6.07, 6.45) is 2.21. The van der Waals surface area contributed by atoms with Crippen molar-refractivity contribution in [2.45, 2.75) is 51.6 Å². The number of fused-ring (bicyclic) bond motifs is 1. The normalized spacial score (nSPS) is 16.0. The van der Waals surface area contributed by atoms with Crippen molar-refractivity contribution < 1.29 is 48.4 Å². The number of aliphatic carboxylic acids is 2. The van der Waals surface area contributed by atoms with Crippen molar-refractivity contribution in [3.05, 3.63) is 47.0 Å². The zero-order chi connectivity index (χ0) is 30.0. The van der Waals surface area contributed by atoms with Crippen molar-refractivity contribution in [3.8, 4) is 23.0 Å². The Morgan fingerprint density at radius 2 is 1.43 bits per heavy atom. The van der Waals surface area contributed by atoms with Gasteiger partial charge in [-0.25, -0.2) is 9.59 Å². The van der Waals surface area contributed by atoms with E-state index >= 15 is 0 Å². The summed E-state index contributed by atoms with van der Waals surface area (Å²) in [5, 5.41) is 17.9. The van der Waals surface area contributed by atoms with Crippen LogP contribution in [-0.4, -0.2) is 75.1 Å². The van der Waals surface area contributed by atoms with E-state index in [4.69, 9.17) is 38.7 Å². The van der Waals surface area contributed by atoms with E-state index < -0.39 is 11.9 Å². The summed E-state index contributed by atoms with van der Waals surface area (Å²) in [4.78, 5) is 32.1. The number of hydrogen-bond acceptors (Lipinski definition) is 7. The minimum Gasteiger partial charge on any atom is -0.493 e. The third-order valence-corrected chi connectivity index (χ3v) is 6.49. The SMILES string of the molecule is COc1ccc(C[C@@H]2c3cc(OC)c(OC)cc3CC[NH+]2CCC(=O)NC(C)(C)C)cc1OC.O=C(O)C(=O)O. The van der Waals surface area contributed by atoms with Gasteiger partial charge < -0.3 is 39.4 Å². The lowest BCUT2D eigenvalue weighted by Gasteiger charge is -2.35. The highest BCUT2D eigenvalue weighted by atomic mass is 16.5. The molecule has 0 spiro atoms. The van der Waals surface area contributed by atoms with Crippen molar-refractivity contribution in [1.82, 2.24) is 5.32 Å². The first-order valence-electron chi connectivity index (χ1n) is 12.9. The number of carboxylic acids is 2. The van der Waals surface area contributed by atoms with Crippen LogP contribution in [0.4, 0.5) is 0 Å². The minimum absolute atomic E-state index is 0.0861. The molecular formula is C29H41N2O9+. The molecule has 40 heavy (non-hydrogen) atoms. The summed E-state index contributed by atoms with van der Waals surface area (Å²) >= 11 is 0. The summed E-state index contributed by atoms with van der Waals surface area (Å²) in [6, 6.07) is 10.4. The summed E-state index contributed by atoms with van der Waals surface area (Å²) in [7, 11) is 6.63. The van der Waals surface area contributed by atoms with Gasteiger partial charge in [-0.15, -0.1) is 0 Å². The molecule has 1 aliphatic rings. The second-order valence-corrected chi connectivity index (χ2v) is 10.4. The van der Waals surface area contributed by atoms with Crippen LogP contribution in [0, 0.1) is 0 Å². The van der Waals surface area contributed by atoms with Crippen molar-refractivity contribution in [1.29, 1.82) is 0 Å². The summed E-state index contributed by atoms with van der Waals surface area (Å²) in [5.74, 6) is -0.656. The van der Waals surface area contributed by atoms with Gasteiger partial charge in [-0.05, 0) is 56.2 Å². The molecule has 0 radical (unpaired) electrons. The van der Waals surface area contributed by atoms with E-state index in [9.17, 15) is 4.79 Å². The highest BCUT2D eigenvalue weighted by Crippen LogP contribution is 2.36. The molecule has 0 aromatic heterocycles. The Morgan fingerprint density at radius 3 is 1.95 bits per heavy atom. The fourth-order valence-electron chi connectivity index (χ4n) is 4.72. The van der Waals surface area contributed by atoms with Gasteiger partial charge in [0, 0.05) is 23.9 Å². The maximum Gasteiger partial charge on any atom is 0.414 e. The van der Waals surface area contributed by atoms with Crippen LogP contribution in [0.1, 0.15) is 49.9 Å². The summed E-state index contributed by atoms with van der Waals surface area (Å²) in [6.45, 7) is 7.73. The van der Waals surface area contributed by atoms with Gasteiger partial charge in [0.2, 0.25) is 5.91 Å². The highest BCUT2D eigenvalue weighted by Gasteiger charge is 2.33. The van der Waals surface area contributed by atoms with E-state index in [1.165, 1.54) is 16.0 Å². The molecule has 1 unspecified atom stereocenters. The molecule has 2 atom stereocenters. The average molecular weight is 562 g/mol. The number of benzene rings is 2. The zero-order valence-electron chi connectivity index (χ0n) is 24.3. The maximum atomic E-state index is 12.6. The number of methoxy groups -OCH3 is 4. The molecule has 0 saturated heterocycles. The number of amides is 1. The lowest BCUT2D eigenvalue weighted by Crippen LogP contribution is -3.13. The van der Waals surface area contributed by atoms with Crippen LogP contribution in [0.25, 0.3) is 0 Å². The molecule has 4 N–H and O–H groups in total. The van der Waals surface area contributed by atoms with E-state index in [0.717, 1.165) is 48.7 Å². The van der Waals surface area contributed by atoms with Gasteiger partial charge in [0.1, 0.15) is 6.04 Å². The number of nitrogens with one attached hydrogen (secondary N) is 2. The Bertz CT molecular complexity index is 1180. The van der Waals surface area contributed by atoms with Crippen LogP contribution < -0.4 is 29.2 Å².